The van der Waals surface area contributed by atoms with Gasteiger partial charge in [0.05, 0.1) is 13.2 Å². The summed E-state index contributed by atoms with van der Waals surface area (Å²) < 4.78 is 5.13. The van der Waals surface area contributed by atoms with Crippen LogP contribution in [0.2, 0.25) is 0 Å². The molecule has 0 atom stereocenters. The Bertz CT molecular complexity index is 350. The van der Waals surface area contributed by atoms with Crippen LogP contribution < -0.4 is 10.6 Å². The highest BCUT2D eigenvalue weighted by molar-refractivity contribution is 5.57. The minimum absolute atomic E-state index is 0.0918. The SMILES string of the molecule is N#Cc1cc(N)oc1N(CCO)CCO. The molecule has 0 saturated carbocycles. The van der Waals surface area contributed by atoms with Gasteiger partial charge in [0.15, 0.2) is 5.88 Å². The van der Waals surface area contributed by atoms with E-state index in [0.717, 1.165) is 0 Å². The van der Waals surface area contributed by atoms with E-state index in [9.17, 15) is 0 Å². The fraction of sp³-hybridized carbons (Fsp3) is 0.444. The standard InChI is InChI=1S/C9H13N3O3/c10-6-7-5-8(11)15-9(7)12(1-3-13)2-4-14/h5,13-14H,1-4,11H2. The molecule has 0 amide bonds. The fourth-order valence-electron chi connectivity index (χ4n) is 1.27. The van der Waals surface area contributed by atoms with E-state index in [1.54, 1.807) is 4.90 Å². The number of anilines is 2. The summed E-state index contributed by atoms with van der Waals surface area (Å²) >= 11 is 0. The van der Waals surface area contributed by atoms with E-state index < -0.39 is 0 Å². The lowest BCUT2D eigenvalue weighted by atomic mass is 10.3. The first kappa shape index (κ1) is 11.4. The van der Waals surface area contributed by atoms with Crippen LogP contribution in [-0.4, -0.2) is 36.5 Å². The maximum Gasteiger partial charge on any atom is 0.216 e. The van der Waals surface area contributed by atoms with Crippen LogP contribution >= 0.6 is 0 Å². The van der Waals surface area contributed by atoms with Crippen molar-refractivity contribution in [2.45, 2.75) is 0 Å². The molecule has 0 aromatic carbocycles. The zero-order valence-corrected chi connectivity index (χ0v) is 8.18. The van der Waals surface area contributed by atoms with Gasteiger partial charge in [-0.15, -0.1) is 0 Å². The van der Waals surface area contributed by atoms with E-state index in [4.69, 9.17) is 25.6 Å². The second kappa shape index (κ2) is 5.24. The van der Waals surface area contributed by atoms with Crippen LogP contribution in [0.4, 0.5) is 11.8 Å². The van der Waals surface area contributed by atoms with Gasteiger partial charge in [0, 0.05) is 19.2 Å². The van der Waals surface area contributed by atoms with Crippen LogP contribution in [0, 0.1) is 11.3 Å². The second-order valence-electron chi connectivity index (χ2n) is 2.91. The largest absolute Gasteiger partial charge is 0.424 e. The van der Waals surface area contributed by atoms with Crippen molar-refractivity contribution in [2.24, 2.45) is 0 Å². The molecule has 0 aliphatic heterocycles. The zero-order chi connectivity index (χ0) is 11.3. The number of nitrogens with zero attached hydrogens (tertiary/aromatic N) is 2. The molecule has 1 heterocycles. The monoisotopic (exact) mass is 211 g/mol. The Morgan fingerprint density at radius 2 is 2.00 bits per heavy atom. The molecule has 0 radical (unpaired) electrons. The molecule has 0 aliphatic carbocycles. The van der Waals surface area contributed by atoms with Gasteiger partial charge in [-0.05, 0) is 0 Å². The van der Waals surface area contributed by atoms with Crippen LogP contribution in [-0.2, 0) is 0 Å². The highest BCUT2D eigenvalue weighted by Gasteiger charge is 2.16. The minimum Gasteiger partial charge on any atom is -0.424 e. The minimum atomic E-state index is -0.0918. The predicted octanol–water partition coefficient (Wildman–Crippen LogP) is -0.476. The Morgan fingerprint density at radius 3 is 2.47 bits per heavy atom. The van der Waals surface area contributed by atoms with Crippen LogP contribution in [0.5, 0.6) is 0 Å². The lowest BCUT2D eigenvalue weighted by Crippen LogP contribution is -2.29. The molecule has 0 spiro atoms. The van der Waals surface area contributed by atoms with Gasteiger partial charge in [0.25, 0.3) is 0 Å². The summed E-state index contributed by atoms with van der Waals surface area (Å²) in [5, 5.41) is 26.4. The molecule has 0 aliphatic rings. The molecule has 6 heteroatoms. The predicted molar refractivity (Wildman–Crippen MR) is 54.2 cm³/mol. The highest BCUT2D eigenvalue weighted by atomic mass is 16.4. The maximum absolute atomic E-state index is 8.82. The summed E-state index contributed by atoms with van der Waals surface area (Å²) in [6.45, 7) is 0.376. The van der Waals surface area contributed by atoms with Gasteiger partial charge in [0.1, 0.15) is 11.6 Å². The molecular formula is C9H13N3O3. The van der Waals surface area contributed by atoms with Crippen LogP contribution in [0.1, 0.15) is 5.56 Å². The molecule has 6 nitrogen and oxygen atoms in total. The number of hydrogen-bond donors (Lipinski definition) is 3. The third-order valence-electron chi connectivity index (χ3n) is 1.88. The first-order chi connectivity index (χ1) is 7.22. The lowest BCUT2D eigenvalue weighted by Gasteiger charge is -2.19. The topological polar surface area (TPSA) is 107 Å². The van der Waals surface area contributed by atoms with E-state index in [2.05, 4.69) is 0 Å². The van der Waals surface area contributed by atoms with Crippen LogP contribution in [0.15, 0.2) is 10.5 Å². The number of nitrogens with two attached hydrogens (primary N) is 1. The maximum atomic E-state index is 8.82. The van der Waals surface area contributed by atoms with Gasteiger partial charge in [-0.2, -0.15) is 5.26 Å². The molecule has 0 saturated heterocycles. The molecule has 0 unspecified atom stereocenters. The number of furan rings is 1. The van der Waals surface area contributed by atoms with Crippen molar-refractivity contribution >= 4 is 11.8 Å². The molecular weight excluding hydrogens is 198 g/mol. The zero-order valence-electron chi connectivity index (χ0n) is 8.18. The summed E-state index contributed by atoms with van der Waals surface area (Å²) in [6.07, 6.45) is 0. The molecule has 1 aromatic rings. The van der Waals surface area contributed by atoms with Gasteiger partial charge in [-0.1, -0.05) is 0 Å². The average Bonchev–Trinajstić information content (AvgIpc) is 2.59. The molecule has 1 aromatic heterocycles. The molecule has 82 valence electrons. The van der Waals surface area contributed by atoms with Crippen molar-refractivity contribution in [1.82, 2.24) is 0 Å². The number of nitriles is 1. The molecule has 4 N–H and O–H groups in total. The van der Waals surface area contributed by atoms with Crippen LogP contribution in [0.25, 0.3) is 0 Å². The van der Waals surface area contributed by atoms with Crippen molar-refractivity contribution in [3.8, 4) is 6.07 Å². The second-order valence-corrected chi connectivity index (χ2v) is 2.91. The number of aliphatic hydroxyl groups excluding tert-OH is 2. The van der Waals surface area contributed by atoms with Gasteiger partial charge in [-0.3, -0.25) is 0 Å². The quantitative estimate of drug-likeness (QED) is 0.607. The van der Waals surface area contributed by atoms with E-state index in [0.29, 0.717) is 5.56 Å². The smallest absolute Gasteiger partial charge is 0.216 e. The summed E-state index contributed by atoms with van der Waals surface area (Å²) in [7, 11) is 0. The Labute approximate surface area is 87.1 Å². The first-order valence-electron chi connectivity index (χ1n) is 4.49. The Balaban J connectivity index is 2.94. The summed E-state index contributed by atoms with van der Waals surface area (Å²) in [4.78, 5) is 1.56. The Hall–Kier alpha value is -1.71. The van der Waals surface area contributed by atoms with E-state index in [1.165, 1.54) is 6.07 Å². The van der Waals surface area contributed by atoms with Crippen LogP contribution in [0.3, 0.4) is 0 Å². The van der Waals surface area contributed by atoms with Gasteiger partial charge >= 0.3 is 0 Å². The first-order valence-corrected chi connectivity index (χ1v) is 4.49. The van der Waals surface area contributed by atoms with E-state index >= 15 is 0 Å². The average molecular weight is 211 g/mol. The Kier molecular flexibility index (Phi) is 3.97. The molecule has 0 fully saturated rings. The third kappa shape index (κ3) is 2.62. The lowest BCUT2D eigenvalue weighted by molar-refractivity contribution is 0.277. The Morgan fingerprint density at radius 1 is 1.40 bits per heavy atom. The van der Waals surface area contributed by atoms with Crippen molar-refractivity contribution in [3.05, 3.63) is 11.6 Å². The molecule has 1 rings (SSSR count). The van der Waals surface area contributed by atoms with Gasteiger partial charge in [0.2, 0.25) is 5.88 Å². The molecule has 0 bridgehead atoms. The summed E-state index contributed by atoms with van der Waals surface area (Å²) in [5.74, 6) is 0.431. The summed E-state index contributed by atoms with van der Waals surface area (Å²) in [5.41, 5.74) is 5.72. The highest BCUT2D eigenvalue weighted by Crippen LogP contribution is 2.25. The third-order valence-corrected chi connectivity index (χ3v) is 1.88. The normalized spacial score (nSPS) is 9.93. The van der Waals surface area contributed by atoms with Gasteiger partial charge in [-0.25, -0.2) is 0 Å². The number of nitrogen functional groups attached to an aromatic ring is 1. The van der Waals surface area contributed by atoms with E-state index in [1.807, 2.05) is 6.07 Å². The fourth-order valence-corrected chi connectivity index (χ4v) is 1.27. The molecule has 15 heavy (non-hydrogen) atoms. The van der Waals surface area contributed by atoms with Gasteiger partial charge < -0.3 is 25.3 Å². The summed E-state index contributed by atoms with van der Waals surface area (Å²) in [6, 6.07) is 3.35. The number of aliphatic hydroxyl groups is 2. The number of rotatable bonds is 5. The van der Waals surface area contributed by atoms with E-state index in [-0.39, 0.29) is 38.1 Å². The van der Waals surface area contributed by atoms with Crippen molar-refractivity contribution < 1.29 is 14.6 Å². The van der Waals surface area contributed by atoms with Crippen molar-refractivity contribution in [1.29, 1.82) is 5.26 Å². The number of hydrogen-bond acceptors (Lipinski definition) is 6. The van der Waals surface area contributed by atoms with Crippen molar-refractivity contribution in [3.63, 3.8) is 0 Å². The van der Waals surface area contributed by atoms with Crippen molar-refractivity contribution in [2.75, 3.05) is 36.9 Å².